The van der Waals surface area contributed by atoms with Crippen LogP contribution in [-0.2, 0) is 0 Å². The minimum absolute atomic E-state index is 0.0378. The van der Waals surface area contributed by atoms with Crippen molar-refractivity contribution in [2.45, 2.75) is 37.8 Å². The Hall–Kier alpha value is -1.66. The van der Waals surface area contributed by atoms with Crippen LogP contribution in [0, 0.1) is 0 Å². The smallest absolute Gasteiger partial charge is 0.251 e. The van der Waals surface area contributed by atoms with E-state index >= 15 is 0 Å². The largest absolute Gasteiger partial charge is 0.393 e. The Morgan fingerprint density at radius 1 is 1.22 bits per heavy atom. The number of pyridine rings is 1. The number of hydrogen-bond donors (Lipinski definition) is 2. The van der Waals surface area contributed by atoms with E-state index in [9.17, 15) is 9.90 Å². The van der Waals surface area contributed by atoms with Crippen LogP contribution >= 0.6 is 0 Å². The van der Waals surface area contributed by atoms with Crippen molar-refractivity contribution in [3.63, 3.8) is 0 Å². The molecule has 2 aliphatic rings. The van der Waals surface area contributed by atoms with Crippen LogP contribution < -0.4 is 10.2 Å². The Bertz CT molecular complexity index is 535. The predicted molar refractivity (Wildman–Crippen MR) is 89.7 cm³/mol. The lowest BCUT2D eigenvalue weighted by Crippen LogP contribution is -2.45. The number of rotatable bonds is 3. The van der Waals surface area contributed by atoms with E-state index in [0.717, 1.165) is 57.7 Å². The van der Waals surface area contributed by atoms with E-state index in [2.05, 4.69) is 27.1 Å². The lowest BCUT2D eigenvalue weighted by atomic mass is 9.93. The zero-order valence-corrected chi connectivity index (χ0v) is 13.7. The average Bonchev–Trinajstić information content (AvgIpc) is 2.58. The van der Waals surface area contributed by atoms with Gasteiger partial charge in [0.25, 0.3) is 5.91 Å². The van der Waals surface area contributed by atoms with Gasteiger partial charge in [-0.25, -0.2) is 4.98 Å². The number of nitrogens with zero attached hydrogens (tertiary/aromatic N) is 3. The molecule has 1 aliphatic carbocycles. The number of aliphatic hydroxyl groups is 1. The maximum absolute atomic E-state index is 12.5. The summed E-state index contributed by atoms with van der Waals surface area (Å²) in [6, 6.07) is 3.83. The van der Waals surface area contributed by atoms with Crippen molar-refractivity contribution < 1.29 is 9.90 Å². The molecule has 0 spiro atoms. The van der Waals surface area contributed by atoms with Crippen LogP contribution in [0.25, 0.3) is 0 Å². The Morgan fingerprint density at radius 2 is 1.91 bits per heavy atom. The zero-order valence-electron chi connectivity index (χ0n) is 13.7. The summed E-state index contributed by atoms with van der Waals surface area (Å²) in [5, 5.41) is 12.6. The fourth-order valence-corrected chi connectivity index (χ4v) is 3.26. The summed E-state index contributed by atoms with van der Waals surface area (Å²) in [5.74, 6) is 0.842. The molecule has 1 saturated carbocycles. The minimum Gasteiger partial charge on any atom is -0.393 e. The van der Waals surface area contributed by atoms with Gasteiger partial charge >= 0.3 is 0 Å². The van der Waals surface area contributed by atoms with Crippen LogP contribution in [0.2, 0.25) is 0 Å². The number of aromatic nitrogens is 1. The van der Waals surface area contributed by atoms with E-state index < -0.39 is 0 Å². The van der Waals surface area contributed by atoms with Crippen LogP contribution in [-0.4, -0.2) is 66.3 Å². The maximum atomic E-state index is 12.5. The van der Waals surface area contributed by atoms with Crippen LogP contribution in [0.3, 0.4) is 0 Å². The number of amides is 1. The molecule has 1 amide bonds. The molecule has 2 heterocycles. The quantitative estimate of drug-likeness (QED) is 0.865. The second kappa shape index (κ2) is 7.27. The minimum atomic E-state index is -0.201. The lowest BCUT2D eigenvalue weighted by Gasteiger charge is -2.33. The Kier molecular flexibility index (Phi) is 5.13. The molecule has 6 heteroatoms. The fraction of sp³-hybridized carbons (Fsp3) is 0.647. The first-order chi connectivity index (χ1) is 11.1. The van der Waals surface area contributed by atoms with Gasteiger partial charge in [0.05, 0.1) is 6.10 Å². The molecule has 0 radical (unpaired) electrons. The highest BCUT2D eigenvalue weighted by Crippen LogP contribution is 2.19. The van der Waals surface area contributed by atoms with E-state index in [1.165, 1.54) is 0 Å². The summed E-state index contributed by atoms with van der Waals surface area (Å²) in [6.45, 7) is 3.91. The van der Waals surface area contributed by atoms with Crippen LogP contribution in [0.15, 0.2) is 18.3 Å². The molecule has 2 fully saturated rings. The van der Waals surface area contributed by atoms with Crippen molar-refractivity contribution in [3.8, 4) is 0 Å². The third-order valence-electron chi connectivity index (χ3n) is 4.87. The van der Waals surface area contributed by atoms with Gasteiger partial charge in [0.2, 0.25) is 0 Å². The molecule has 1 aromatic rings. The van der Waals surface area contributed by atoms with Gasteiger partial charge < -0.3 is 20.2 Å². The number of aliphatic hydroxyl groups excluding tert-OH is 1. The lowest BCUT2D eigenvalue weighted by molar-refractivity contribution is 0.0867. The van der Waals surface area contributed by atoms with Gasteiger partial charge in [-0.05, 0) is 44.9 Å². The summed E-state index contributed by atoms with van der Waals surface area (Å²) in [6.07, 6.45) is 4.76. The van der Waals surface area contributed by atoms with Crippen molar-refractivity contribution in [3.05, 3.63) is 23.9 Å². The molecule has 3 rings (SSSR count). The molecule has 2 N–H and O–H groups in total. The third kappa shape index (κ3) is 4.20. The molecule has 0 atom stereocenters. The maximum Gasteiger partial charge on any atom is 0.251 e. The van der Waals surface area contributed by atoms with Crippen molar-refractivity contribution in [2.24, 2.45) is 0 Å². The van der Waals surface area contributed by atoms with Crippen LogP contribution in [0.5, 0.6) is 0 Å². The number of likely N-dealkylation sites (N-methyl/N-ethyl adjacent to an activating group) is 1. The molecule has 1 aliphatic heterocycles. The Morgan fingerprint density at radius 3 is 2.61 bits per heavy atom. The number of nitrogens with one attached hydrogen (secondary N) is 1. The number of carbonyl (C=O) groups excluding carboxylic acids is 1. The van der Waals surface area contributed by atoms with Gasteiger partial charge in [-0.2, -0.15) is 0 Å². The highest BCUT2D eigenvalue weighted by atomic mass is 16.3. The van der Waals surface area contributed by atoms with Gasteiger partial charge in [0.15, 0.2) is 0 Å². The molecule has 0 unspecified atom stereocenters. The highest BCUT2D eigenvalue weighted by Gasteiger charge is 2.22. The Labute approximate surface area is 137 Å². The molecule has 1 aromatic heterocycles. The molecule has 0 aromatic carbocycles. The van der Waals surface area contributed by atoms with Crippen LogP contribution in [0.1, 0.15) is 36.0 Å². The van der Waals surface area contributed by atoms with Crippen molar-refractivity contribution in [1.82, 2.24) is 15.2 Å². The van der Waals surface area contributed by atoms with Gasteiger partial charge in [-0.15, -0.1) is 0 Å². The van der Waals surface area contributed by atoms with Gasteiger partial charge in [0, 0.05) is 44.0 Å². The van der Waals surface area contributed by atoms with E-state index in [4.69, 9.17) is 0 Å². The second-order valence-corrected chi connectivity index (χ2v) is 6.67. The Balaban J connectivity index is 1.61. The zero-order chi connectivity index (χ0) is 16.2. The summed E-state index contributed by atoms with van der Waals surface area (Å²) in [5.41, 5.74) is 0.667. The molecular formula is C17H26N4O2. The van der Waals surface area contributed by atoms with Gasteiger partial charge in [-0.1, -0.05) is 0 Å². The number of piperazine rings is 1. The predicted octanol–water partition coefficient (Wildman–Crippen LogP) is 0.867. The van der Waals surface area contributed by atoms with Gasteiger partial charge in [0.1, 0.15) is 5.82 Å². The van der Waals surface area contributed by atoms with E-state index in [1.54, 1.807) is 12.3 Å². The molecular weight excluding hydrogens is 292 g/mol. The molecule has 6 nitrogen and oxygen atoms in total. The molecule has 23 heavy (non-hydrogen) atoms. The van der Waals surface area contributed by atoms with Crippen molar-refractivity contribution in [2.75, 3.05) is 38.1 Å². The summed E-state index contributed by atoms with van der Waals surface area (Å²) in [4.78, 5) is 21.4. The van der Waals surface area contributed by atoms with E-state index in [1.807, 2.05) is 6.07 Å². The summed E-state index contributed by atoms with van der Waals surface area (Å²) in [7, 11) is 2.12. The van der Waals surface area contributed by atoms with Crippen molar-refractivity contribution >= 4 is 11.7 Å². The summed E-state index contributed by atoms with van der Waals surface area (Å²) >= 11 is 0. The summed E-state index contributed by atoms with van der Waals surface area (Å²) < 4.78 is 0. The first kappa shape index (κ1) is 16.2. The SMILES string of the molecule is CN1CCN(c2cc(C(=O)NC3CCC(O)CC3)ccn2)CC1. The first-order valence-corrected chi connectivity index (χ1v) is 8.50. The number of anilines is 1. The number of hydrogen-bond acceptors (Lipinski definition) is 5. The molecule has 126 valence electrons. The second-order valence-electron chi connectivity index (χ2n) is 6.67. The van der Waals surface area contributed by atoms with E-state index in [0.29, 0.717) is 5.56 Å². The average molecular weight is 318 g/mol. The first-order valence-electron chi connectivity index (χ1n) is 8.50. The van der Waals surface area contributed by atoms with Crippen LogP contribution in [0.4, 0.5) is 5.82 Å². The molecule has 0 bridgehead atoms. The third-order valence-corrected chi connectivity index (χ3v) is 4.87. The molecule has 1 saturated heterocycles. The highest BCUT2D eigenvalue weighted by molar-refractivity contribution is 5.95. The van der Waals surface area contributed by atoms with Gasteiger partial charge in [-0.3, -0.25) is 4.79 Å². The fourth-order valence-electron chi connectivity index (χ4n) is 3.26. The monoisotopic (exact) mass is 318 g/mol. The topological polar surface area (TPSA) is 68.7 Å². The normalized spacial score (nSPS) is 26.1. The van der Waals surface area contributed by atoms with Crippen molar-refractivity contribution in [1.29, 1.82) is 0 Å². The van der Waals surface area contributed by atoms with E-state index in [-0.39, 0.29) is 18.1 Å². The standard InChI is InChI=1S/C17H26N4O2/c1-20-8-10-21(11-9-20)16-12-13(6-7-18-16)17(23)19-14-2-4-15(22)5-3-14/h6-7,12,14-15,22H,2-5,8-11H2,1H3,(H,19,23). The number of carbonyl (C=O) groups is 1.